The average Bonchev–Trinajstić information content (AvgIpc) is 2.68. The number of benzene rings is 1. The Morgan fingerprint density at radius 2 is 2.00 bits per heavy atom. The molecule has 0 N–H and O–H groups in total. The van der Waals surface area contributed by atoms with Gasteiger partial charge in [0.25, 0.3) is 0 Å². The van der Waals surface area contributed by atoms with Crippen molar-refractivity contribution in [2.24, 2.45) is 0 Å². The highest BCUT2D eigenvalue weighted by molar-refractivity contribution is 9.11. The van der Waals surface area contributed by atoms with E-state index in [2.05, 4.69) is 56.1 Å². The zero-order valence-electron chi connectivity index (χ0n) is 8.51. The molecule has 2 aromatic rings. The standard InChI is InChI=1S/C12H9Br2ClS/c1-7-2-3-8(6-9(7)15)12(14)10-4-5-11(13)16-10/h2-6,12H,1H3. The van der Waals surface area contributed by atoms with Crippen LogP contribution in [0.3, 0.4) is 0 Å². The van der Waals surface area contributed by atoms with Crippen molar-refractivity contribution in [1.29, 1.82) is 0 Å². The minimum Gasteiger partial charge on any atom is -0.132 e. The summed E-state index contributed by atoms with van der Waals surface area (Å²) >= 11 is 15.0. The van der Waals surface area contributed by atoms with Crippen LogP contribution < -0.4 is 0 Å². The van der Waals surface area contributed by atoms with E-state index in [1.807, 2.05) is 13.0 Å². The predicted octanol–water partition coefficient (Wildman–Crippen LogP) is 5.96. The van der Waals surface area contributed by atoms with E-state index >= 15 is 0 Å². The second-order valence-electron chi connectivity index (χ2n) is 3.51. The minimum absolute atomic E-state index is 0.210. The van der Waals surface area contributed by atoms with E-state index in [1.54, 1.807) is 11.3 Å². The lowest BCUT2D eigenvalue weighted by molar-refractivity contribution is 1.22. The van der Waals surface area contributed by atoms with Gasteiger partial charge in [-0.3, -0.25) is 0 Å². The third-order valence-electron chi connectivity index (χ3n) is 2.33. The summed E-state index contributed by atoms with van der Waals surface area (Å²) in [4.78, 5) is 1.48. The van der Waals surface area contributed by atoms with Crippen LogP contribution in [0.1, 0.15) is 20.8 Å². The molecule has 0 saturated heterocycles. The first-order valence-electron chi connectivity index (χ1n) is 4.73. The number of hydrogen-bond donors (Lipinski definition) is 0. The molecule has 0 fully saturated rings. The molecule has 16 heavy (non-hydrogen) atoms. The largest absolute Gasteiger partial charge is 0.132 e. The van der Waals surface area contributed by atoms with Crippen molar-refractivity contribution >= 4 is 54.8 Å². The Kier molecular flexibility index (Phi) is 4.11. The first-order chi connectivity index (χ1) is 7.58. The normalized spacial score (nSPS) is 12.8. The fraction of sp³-hybridized carbons (Fsp3) is 0.167. The van der Waals surface area contributed by atoms with Crippen LogP contribution in [-0.2, 0) is 0 Å². The van der Waals surface area contributed by atoms with Gasteiger partial charge in [0.1, 0.15) is 0 Å². The highest BCUT2D eigenvalue weighted by atomic mass is 79.9. The topological polar surface area (TPSA) is 0 Å². The summed E-state index contributed by atoms with van der Waals surface area (Å²) in [5.41, 5.74) is 2.29. The van der Waals surface area contributed by atoms with Crippen LogP contribution in [0.5, 0.6) is 0 Å². The summed E-state index contributed by atoms with van der Waals surface area (Å²) in [6.07, 6.45) is 0. The van der Waals surface area contributed by atoms with Gasteiger partial charge in [0.05, 0.1) is 8.61 Å². The average molecular weight is 381 g/mol. The predicted molar refractivity (Wildman–Crippen MR) is 79.0 cm³/mol. The Hall–Kier alpha value is 0.170. The third kappa shape index (κ3) is 2.70. The molecule has 1 heterocycles. The molecule has 0 saturated carbocycles. The molecular formula is C12H9Br2ClS. The summed E-state index contributed by atoms with van der Waals surface area (Å²) in [7, 11) is 0. The van der Waals surface area contributed by atoms with Gasteiger partial charge >= 0.3 is 0 Å². The van der Waals surface area contributed by atoms with E-state index in [9.17, 15) is 0 Å². The summed E-state index contributed by atoms with van der Waals surface area (Å²) < 4.78 is 1.14. The SMILES string of the molecule is Cc1ccc(C(Br)c2ccc(Br)s2)cc1Cl. The lowest BCUT2D eigenvalue weighted by Gasteiger charge is -2.09. The highest BCUT2D eigenvalue weighted by Crippen LogP contribution is 2.37. The van der Waals surface area contributed by atoms with Crippen LogP contribution in [0.4, 0.5) is 0 Å². The maximum atomic E-state index is 6.12. The van der Waals surface area contributed by atoms with Gasteiger partial charge in [0.2, 0.25) is 0 Å². The zero-order valence-corrected chi connectivity index (χ0v) is 13.3. The van der Waals surface area contributed by atoms with Gasteiger partial charge in [-0.2, -0.15) is 0 Å². The molecule has 1 atom stereocenters. The van der Waals surface area contributed by atoms with Gasteiger partial charge in [-0.15, -0.1) is 11.3 Å². The van der Waals surface area contributed by atoms with Crippen LogP contribution >= 0.6 is 54.8 Å². The van der Waals surface area contributed by atoms with E-state index < -0.39 is 0 Å². The van der Waals surface area contributed by atoms with Gasteiger partial charge in [-0.25, -0.2) is 0 Å². The van der Waals surface area contributed by atoms with E-state index in [0.29, 0.717) is 0 Å². The number of aryl methyl sites for hydroxylation is 1. The Balaban J connectivity index is 2.33. The van der Waals surface area contributed by atoms with Gasteiger partial charge in [0, 0.05) is 9.90 Å². The molecule has 0 amide bonds. The smallest absolute Gasteiger partial charge is 0.0738 e. The molecule has 0 spiro atoms. The molecule has 0 aliphatic rings. The van der Waals surface area contributed by atoms with Crippen LogP contribution in [-0.4, -0.2) is 0 Å². The van der Waals surface area contributed by atoms with Crippen molar-refractivity contribution in [3.63, 3.8) is 0 Å². The molecule has 4 heteroatoms. The molecule has 0 radical (unpaired) electrons. The van der Waals surface area contributed by atoms with Crippen molar-refractivity contribution in [2.45, 2.75) is 11.8 Å². The maximum absolute atomic E-state index is 6.12. The van der Waals surface area contributed by atoms with E-state index in [1.165, 1.54) is 10.4 Å². The summed E-state index contributed by atoms with van der Waals surface area (Å²) in [6, 6.07) is 10.3. The van der Waals surface area contributed by atoms with Gasteiger partial charge in [0.15, 0.2) is 0 Å². The lowest BCUT2D eigenvalue weighted by atomic mass is 10.1. The van der Waals surface area contributed by atoms with E-state index in [-0.39, 0.29) is 4.83 Å². The molecule has 2 rings (SSSR count). The number of rotatable bonds is 2. The van der Waals surface area contributed by atoms with Crippen LogP contribution in [0.25, 0.3) is 0 Å². The number of thiophene rings is 1. The van der Waals surface area contributed by atoms with Gasteiger partial charge in [-0.05, 0) is 52.2 Å². The fourth-order valence-corrected chi connectivity index (χ4v) is 3.73. The van der Waals surface area contributed by atoms with Crippen molar-refractivity contribution in [3.05, 3.63) is 55.1 Å². The first-order valence-corrected chi connectivity index (χ1v) is 7.63. The molecule has 0 nitrogen and oxygen atoms in total. The van der Waals surface area contributed by atoms with Crippen LogP contribution in [0.15, 0.2) is 34.1 Å². The Labute approximate surface area is 121 Å². The molecule has 0 bridgehead atoms. The molecular weight excluding hydrogens is 371 g/mol. The summed E-state index contributed by atoms with van der Waals surface area (Å²) in [6.45, 7) is 2.01. The quantitative estimate of drug-likeness (QED) is 0.564. The molecule has 1 unspecified atom stereocenters. The second-order valence-corrected chi connectivity index (χ2v) is 7.33. The lowest BCUT2D eigenvalue weighted by Crippen LogP contribution is -1.90. The maximum Gasteiger partial charge on any atom is 0.0738 e. The molecule has 0 aliphatic heterocycles. The highest BCUT2D eigenvalue weighted by Gasteiger charge is 2.13. The monoisotopic (exact) mass is 378 g/mol. The van der Waals surface area contributed by atoms with Crippen molar-refractivity contribution in [3.8, 4) is 0 Å². The van der Waals surface area contributed by atoms with E-state index in [0.717, 1.165) is 14.4 Å². The summed E-state index contributed by atoms with van der Waals surface area (Å²) in [5, 5.41) is 0.817. The Bertz CT molecular complexity index is 507. The third-order valence-corrected chi connectivity index (χ3v) is 5.75. The van der Waals surface area contributed by atoms with Crippen LogP contribution in [0.2, 0.25) is 5.02 Å². The summed E-state index contributed by atoms with van der Waals surface area (Å²) in [5.74, 6) is 0. The van der Waals surface area contributed by atoms with Crippen molar-refractivity contribution in [1.82, 2.24) is 0 Å². The van der Waals surface area contributed by atoms with Gasteiger partial charge < -0.3 is 0 Å². The number of halogens is 3. The van der Waals surface area contributed by atoms with Crippen LogP contribution in [0, 0.1) is 6.92 Å². The zero-order chi connectivity index (χ0) is 11.7. The Morgan fingerprint density at radius 3 is 2.56 bits per heavy atom. The van der Waals surface area contributed by atoms with Crippen molar-refractivity contribution < 1.29 is 0 Å². The molecule has 1 aromatic carbocycles. The molecule has 84 valence electrons. The molecule has 0 aliphatic carbocycles. The Morgan fingerprint density at radius 1 is 1.25 bits per heavy atom. The molecule has 1 aromatic heterocycles. The van der Waals surface area contributed by atoms with E-state index in [4.69, 9.17) is 11.6 Å². The van der Waals surface area contributed by atoms with Crippen molar-refractivity contribution in [2.75, 3.05) is 0 Å². The fourth-order valence-electron chi connectivity index (χ4n) is 1.40. The number of hydrogen-bond acceptors (Lipinski definition) is 1. The number of alkyl halides is 1. The minimum atomic E-state index is 0.210. The van der Waals surface area contributed by atoms with Gasteiger partial charge in [-0.1, -0.05) is 39.7 Å². The second kappa shape index (κ2) is 5.21. The first kappa shape index (κ1) is 12.6.